The molecule has 0 unspecified atom stereocenters. The summed E-state index contributed by atoms with van der Waals surface area (Å²) < 4.78 is 5.79. The Balaban J connectivity index is 1.71. The molecule has 1 amide bonds. The predicted molar refractivity (Wildman–Crippen MR) is 93.5 cm³/mol. The van der Waals surface area contributed by atoms with Crippen molar-refractivity contribution in [1.82, 2.24) is 15.1 Å². The van der Waals surface area contributed by atoms with Crippen LogP contribution in [0, 0.1) is 0 Å². The van der Waals surface area contributed by atoms with E-state index < -0.39 is 0 Å². The Morgan fingerprint density at radius 1 is 1.48 bits per heavy atom. The average molecular weight is 323 g/mol. The first-order chi connectivity index (χ1) is 11.1. The molecule has 0 saturated carbocycles. The fraction of sp³-hybridized carbons (Fsp3) is 0.833. The second-order valence-corrected chi connectivity index (χ2v) is 7.08. The van der Waals surface area contributed by atoms with Crippen LogP contribution >= 0.6 is 0 Å². The molecule has 1 fully saturated rings. The second kappa shape index (κ2) is 9.40. The van der Waals surface area contributed by atoms with Gasteiger partial charge < -0.3 is 15.0 Å². The van der Waals surface area contributed by atoms with E-state index in [-0.39, 0.29) is 18.1 Å². The van der Waals surface area contributed by atoms with E-state index >= 15 is 0 Å². The molecule has 0 bridgehead atoms. The summed E-state index contributed by atoms with van der Waals surface area (Å²) in [6, 6.07) is -0.0797. The summed E-state index contributed by atoms with van der Waals surface area (Å²) in [6.07, 6.45) is 8.59. The third-order valence-corrected chi connectivity index (χ3v) is 4.80. The summed E-state index contributed by atoms with van der Waals surface area (Å²) in [5.74, 6) is 0.145. The molecule has 0 spiro atoms. The minimum atomic E-state index is -0.0797. The van der Waals surface area contributed by atoms with Crippen LogP contribution in [-0.2, 0) is 9.53 Å². The Kier molecular flexibility index (Phi) is 7.53. The number of rotatable bonds is 7. The zero-order valence-corrected chi connectivity index (χ0v) is 15.0. The third kappa shape index (κ3) is 6.24. The summed E-state index contributed by atoms with van der Waals surface area (Å²) in [5, 5.41) is 3.11. The molecule has 0 radical (unpaired) electrons. The summed E-state index contributed by atoms with van der Waals surface area (Å²) in [7, 11) is 4.11. The Bertz CT molecular complexity index is 409. The Morgan fingerprint density at radius 2 is 2.30 bits per heavy atom. The highest BCUT2D eigenvalue weighted by Gasteiger charge is 2.27. The van der Waals surface area contributed by atoms with Gasteiger partial charge >= 0.3 is 0 Å². The molecule has 5 heteroatoms. The largest absolute Gasteiger partial charge is 0.374 e. The summed E-state index contributed by atoms with van der Waals surface area (Å²) in [5.41, 5.74) is 1.52. The number of nitrogens with one attached hydrogen (secondary N) is 1. The van der Waals surface area contributed by atoms with E-state index in [0.29, 0.717) is 6.61 Å². The third-order valence-electron chi connectivity index (χ3n) is 4.80. The van der Waals surface area contributed by atoms with E-state index in [1.165, 1.54) is 31.3 Å². The van der Waals surface area contributed by atoms with Crippen LogP contribution in [0.5, 0.6) is 0 Å². The molecule has 1 aliphatic carbocycles. The van der Waals surface area contributed by atoms with Crippen molar-refractivity contribution < 1.29 is 9.53 Å². The van der Waals surface area contributed by atoms with Gasteiger partial charge in [0.25, 0.3) is 0 Å². The van der Waals surface area contributed by atoms with Gasteiger partial charge in [-0.1, -0.05) is 11.6 Å². The van der Waals surface area contributed by atoms with Crippen molar-refractivity contribution >= 4 is 5.91 Å². The first kappa shape index (κ1) is 18.4. The van der Waals surface area contributed by atoms with Crippen LogP contribution in [0.1, 0.15) is 39.0 Å². The maximum Gasteiger partial charge on any atom is 0.237 e. The van der Waals surface area contributed by atoms with E-state index in [1.807, 2.05) is 6.92 Å². The molecule has 1 heterocycles. The molecule has 5 nitrogen and oxygen atoms in total. The van der Waals surface area contributed by atoms with Gasteiger partial charge in [0.2, 0.25) is 5.91 Å². The van der Waals surface area contributed by atoms with Gasteiger partial charge in [0, 0.05) is 26.2 Å². The van der Waals surface area contributed by atoms with Gasteiger partial charge in [-0.05, 0) is 53.1 Å². The summed E-state index contributed by atoms with van der Waals surface area (Å²) in [6.45, 7) is 6.05. The molecule has 1 aliphatic heterocycles. The fourth-order valence-electron chi connectivity index (χ4n) is 3.40. The van der Waals surface area contributed by atoms with Gasteiger partial charge in [0.15, 0.2) is 0 Å². The van der Waals surface area contributed by atoms with Crippen molar-refractivity contribution in [3.05, 3.63) is 11.6 Å². The SMILES string of the molecule is C[C@H](C(=O)NCCC1=CCCCC1)N1CCO[C@H](CN(C)C)C1. The lowest BCUT2D eigenvalue weighted by Crippen LogP contribution is -2.54. The molecule has 1 N–H and O–H groups in total. The van der Waals surface area contributed by atoms with Gasteiger partial charge in [0.05, 0.1) is 18.8 Å². The lowest BCUT2D eigenvalue weighted by atomic mass is 9.97. The first-order valence-electron chi connectivity index (χ1n) is 9.02. The Hall–Kier alpha value is -0.910. The zero-order valence-electron chi connectivity index (χ0n) is 15.0. The fourth-order valence-corrected chi connectivity index (χ4v) is 3.40. The number of hydrogen-bond acceptors (Lipinski definition) is 4. The van der Waals surface area contributed by atoms with Crippen molar-refractivity contribution in [3.8, 4) is 0 Å². The Labute approximate surface area is 141 Å². The van der Waals surface area contributed by atoms with Gasteiger partial charge in [-0.3, -0.25) is 9.69 Å². The molecule has 0 aromatic rings. The number of hydrogen-bond donors (Lipinski definition) is 1. The van der Waals surface area contributed by atoms with Crippen LogP contribution in [0.3, 0.4) is 0 Å². The lowest BCUT2D eigenvalue weighted by Gasteiger charge is -2.37. The van der Waals surface area contributed by atoms with Gasteiger partial charge in [-0.25, -0.2) is 0 Å². The standard InChI is InChI=1S/C18H33N3O2/c1-15(21-11-12-23-17(14-21)13-20(2)3)18(22)19-10-9-16-7-5-4-6-8-16/h7,15,17H,4-6,8-14H2,1-3H3,(H,19,22)/t15-,17-/m1/s1. The molecule has 23 heavy (non-hydrogen) atoms. The molecule has 2 aliphatic rings. The summed E-state index contributed by atoms with van der Waals surface area (Å²) >= 11 is 0. The number of carbonyl (C=O) groups excluding carboxylic acids is 1. The van der Waals surface area contributed by atoms with Crippen LogP contribution in [0.15, 0.2) is 11.6 Å². The van der Waals surface area contributed by atoms with Crippen molar-refractivity contribution in [2.24, 2.45) is 0 Å². The average Bonchev–Trinajstić information content (AvgIpc) is 2.54. The highest BCUT2D eigenvalue weighted by molar-refractivity contribution is 5.81. The van der Waals surface area contributed by atoms with Crippen molar-refractivity contribution in [2.75, 3.05) is 46.9 Å². The zero-order chi connectivity index (χ0) is 16.7. The number of carbonyl (C=O) groups is 1. The number of ether oxygens (including phenoxy) is 1. The van der Waals surface area contributed by atoms with Crippen LogP contribution in [-0.4, -0.2) is 74.7 Å². The monoisotopic (exact) mass is 323 g/mol. The molecular formula is C18H33N3O2. The maximum absolute atomic E-state index is 12.4. The van der Waals surface area contributed by atoms with E-state index in [4.69, 9.17) is 4.74 Å². The molecule has 132 valence electrons. The number of nitrogens with zero attached hydrogens (tertiary/aromatic N) is 2. The van der Waals surface area contributed by atoms with Crippen molar-refractivity contribution in [1.29, 1.82) is 0 Å². The number of amides is 1. The minimum Gasteiger partial charge on any atom is -0.374 e. The van der Waals surface area contributed by atoms with E-state index in [1.54, 1.807) is 0 Å². The summed E-state index contributed by atoms with van der Waals surface area (Å²) in [4.78, 5) is 16.8. The first-order valence-corrected chi connectivity index (χ1v) is 9.02. The highest BCUT2D eigenvalue weighted by Crippen LogP contribution is 2.19. The van der Waals surface area contributed by atoms with Crippen LogP contribution < -0.4 is 5.32 Å². The Morgan fingerprint density at radius 3 is 3.00 bits per heavy atom. The quantitative estimate of drug-likeness (QED) is 0.724. The van der Waals surface area contributed by atoms with Gasteiger partial charge in [-0.15, -0.1) is 0 Å². The molecule has 1 saturated heterocycles. The predicted octanol–water partition coefficient (Wildman–Crippen LogP) is 1.64. The molecule has 0 aromatic carbocycles. The van der Waals surface area contributed by atoms with Crippen LogP contribution in [0.4, 0.5) is 0 Å². The van der Waals surface area contributed by atoms with Crippen molar-refractivity contribution in [2.45, 2.75) is 51.2 Å². The van der Waals surface area contributed by atoms with E-state index in [9.17, 15) is 4.79 Å². The smallest absolute Gasteiger partial charge is 0.237 e. The van der Waals surface area contributed by atoms with Crippen LogP contribution in [0.25, 0.3) is 0 Å². The molecule has 2 rings (SSSR count). The van der Waals surface area contributed by atoms with E-state index in [0.717, 1.165) is 32.6 Å². The molecule has 2 atom stereocenters. The van der Waals surface area contributed by atoms with E-state index in [2.05, 4.69) is 35.3 Å². The number of likely N-dealkylation sites (N-methyl/N-ethyl adjacent to an activating group) is 1. The number of morpholine rings is 1. The number of allylic oxidation sites excluding steroid dienone is 1. The highest BCUT2D eigenvalue weighted by atomic mass is 16.5. The van der Waals surface area contributed by atoms with Gasteiger partial charge in [-0.2, -0.15) is 0 Å². The molecular weight excluding hydrogens is 290 g/mol. The normalized spacial score (nSPS) is 24.3. The maximum atomic E-state index is 12.4. The topological polar surface area (TPSA) is 44.8 Å². The second-order valence-electron chi connectivity index (χ2n) is 7.08. The van der Waals surface area contributed by atoms with Crippen molar-refractivity contribution in [3.63, 3.8) is 0 Å². The van der Waals surface area contributed by atoms with Crippen LogP contribution in [0.2, 0.25) is 0 Å². The van der Waals surface area contributed by atoms with Gasteiger partial charge in [0.1, 0.15) is 0 Å². The lowest BCUT2D eigenvalue weighted by molar-refractivity contribution is -0.129. The minimum absolute atomic E-state index is 0.0797. The molecule has 0 aromatic heterocycles.